The summed E-state index contributed by atoms with van der Waals surface area (Å²) in [5.74, 6) is -0.0787. The van der Waals surface area contributed by atoms with Gasteiger partial charge in [-0.05, 0) is 48.6 Å². The molecule has 1 aliphatic carbocycles. The zero-order valence-corrected chi connectivity index (χ0v) is 12.3. The Morgan fingerprint density at radius 2 is 1.75 bits per heavy atom. The molecule has 2 aromatic carbocycles. The Bertz CT molecular complexity index is 687. The highest BCUT2D eigenvalue weighted by Crippen LogP contribution is 2.31. The third-order valence-corrected chi connectivity index (χ3v) is 4.50. The number of hydrogen-bond donors (Lipinski definition) is 1. The van der Waals surface area contributed by atoms with Crippen molar-refractivity contribution in [2.75, 3.05) is 5.73 Å². The Balaban J connectivity index is 2.00. The highest BCUT2D eigenvalue weighted by Gasteiger charge is 2.16. The summed E-state index contributed by atoms with van der Waals surface area (Å²) in [4.78, 5) is 12.5. The molecule has 0 bridgehead atoms. The molecule has 102 valence electrons. The first-order chi connectivity index (χ1) is 9.56. The van der Waals surface area contributed by atoms with Gasteiger partial charge in [0.25, 0.3) is 0 Å². The molecule has 0 saturated carbocycles. The van der Waals surface area contributed by atoms with Crippen LogP contribution in [0.15, 0.2) is 30.3 Å². The van der Waals surface area contributed by atoms with Crippen molar-refractivity contribution in [1.29, 1.82) is 0 Å². The standard InChI is InChI=1S/C16H13Cl2NO/c17-13-7-12(8-14(19)15(13)18)16(20)11-5-4-9-2-1-3-10(9)6-11/h4-8H,1-3,19H2. The fraction of sp³-hybridized carbons (Fsp3) is 0.188. The largest absolute Gasteiger partial charge is 0.397 e. The number of hydrogen-bond acceptors (Lipinski definition) is 2. The summed E-state index contributed by atoms with van der Waals surface area (Å²) in [5.41, 5.74) is 9.83. The number of aryl methyl sites for hydroxylation is 2. The van der Waals surface area contributed by atoms with Crippen LogP contribution in [0.4, 0.5) is 5.69 Å². The highest BCUT2D eigenvalue weighted by molar-refractivity contribution is 6.44. The smallest absolute Gasteiger partial charge is 0.193 e. The van der Waals surface area contributed by atoms with Gasteiger partial charge in [0.15, 0.2) is 5.78 Å². The summed E-state index contributed by atoms with van der Waals surface area (Å²) in [6.45, 7) is 0. The summed E-state index contributed by atoms with van der Waals surface area (Å²) < 4.78 is 0. The van der Waals surface area contributed by atoms with Gasteiger partial charge in [-0.3, -0.25) is 4.79 Å². The molecule has 1 aliphatic rings. The van der Waals surface area contributed by atoms with Crippen molar-refractivity contribution in [3.8, 4) is 0 Å². The van der Waals surface area contributed by atoms with Gasteiger partial charge >= 0.3 is 0 Å². The molecule has 0 amide bonds. The quantitative estimate of drug-likeness (QED) is 0.664. The zero-order valence-electron chi connectivity index (χ0n) is 10.7. The third kappa shape index (κ3) is 2.30. The number of fused-ring (bicyclic) bond motifs is 1. The summed E-state index contributed by atoms with van der Waals surface area (Å²) in [6, 6.07) is 9.02. The van der Waals surface area contributed by atoms with Crippen LogP contribution in [-0.2, 0) is 12.8 Å². The second-order valence-corrected chi connectivity index (χ2v) is 5.81. The molecule has 0 aromatic heterocycles. The van der Waals surface area contributed by atoms with Crippen molar-refractivity contribution in [2.24, 2.45) is 0 Å². The summed E-state index contributed by atoms with van der Waals surface area (Å²) in [6.07, 6.45) is 3.30. The number of nitrogen functional groups attached to an aromatic ring is 1. The second-order valence-electron chi connectivity index (χ2n) is 5.03. The minimum absolute atomic E-state index is 0.0787. The van der Waals surface area contributed by atoms with Crippen molar-refractivity contribution in [2.45, 2.75) is 19.3 Å². The average molecular weight is 306 g/mol. The summed E-state index contributed by atoms with van der Waals surface area (Å²) in [5, 5.41) is 0.591. The highest BCUT2D eigenvalue weighted by atomic mass is 35.5. The van der Waals surface area contributed by atoms with Crippen molar-refractivity contribution in [3.05, 3.63) is 62.6 Å². The number of carbonyl (C=O) groups excluding carboxylic acids is 1. The number of anilines is 1. The first-order valence-electron chi connectivity index (χ1n) is 6.47. The van der Waals surface area contributed by atoms with E-state index in [9.17, 15) is 4.79 Å². The van der Waals surface area contributed by atoms with E-state index in [1.165, 1.54) is 11.1 Å². The van der Waals surface area contributed by atoms with Crippen LogP contribution in [0, 0.1) is 0 Å². The maximum absolute atomic E-state index is 12.5. The van der Waals surface area contributed by atoms with E-state index < -0.39 is 0 Å². The van der Waals surface area contributed by atoms with Gasteiger partial charge in [-0.1, -0.05) is 35.3 Å². The molecular weight excluding hydrogens is 293 g/mol. The maximum Gasteiger partial charge on any atom is 0.193 e. The fourth-order valence-electron chi connectivity index (χ4n) is 2.62. The van der Waals surface area contributed by atoms with E-state index in [0.717, 1.165) is 19.3 Å². The Morgan fingerprint density at radius 1 is 1.00 bits per heavy atom. The predicted octanol–water partition coefficient (Wildman–Crippen LogP) is 4.30. The number of carbonyl (C=O) groups is 1. The van der Waals surface area contributed by atoms with Gasteiger partial charge < -0.3 is 5.73 Å². The van der Waals surface area contributed by atoms with Gasteiger partial charge in [-0.25, -0.2) is 0 Å². The molecule has 0 fully saturated rings. The zero-order chi connectivity index (χ0) is 14.3. The van der Waals surface area contributed by atoms with Gasteiger partial charge in [0.1, 0.15) is 0 Å². The molecule has 0 spiro atoms. The van der Waals surface area contributed by atoms with E-state index in [4.69, 9.17) is 28.9 Å². The molecule has 4 heteroatoms. The lowest BCUT2D eigenvalue weighted by molar-refractivity contribution is 0.103. The van der Waals surface area contributed by atoms with Gasteiger partial charge in [0, 0.05) is 11.1 Å². The third-order valence-electron chi connectivity index (χ3n) is 3.68. The molecule has 0 heterocycles. The summed E-state index contributed by atoms with van der Waals surface area (Å²) in [7, 11) is 0. The van der Waals surface area contributed by atoms with E-state index in [-0.39, 0.29) is 10.8 Å². The lowest BCUT2D eigenvalue weighted by Crippen LogP contribution is -2.04. The molecule has 0 aliphatic heterocycles. The maximum atomic E-state index is 12.5. The first-order valence-corrected chi connectivity index (χ1v) is 7.23. The van der Waals surface area contributed by atoms with Crippen LogP contribution < -0.4 is 5.73 Å². The molecule has 0 unspecified atom stereocenters. The summed E-state index contributed by atoms with van der Waals surface area (Å²) >= 11 is 11.9. The van der Waals surface area contributed by atoms with E-state index in [1.54, 1.807) is 12.1 Å². The van der Waals surface area contributed by atoms with Crippen LogP contribution >= 0.6 is 23.2 Å². The van der Waals surface area contributed by atoms with Gasteiger partial charge in [0.2, 0.25) is 0 Å². The fourth-order valence-corrected chi connectivity index (χ4v) is 2.96. The second kappa shape index (κ2) is 5.12. The molecule has 2 nitrogen and oxygen atoms in total. The molecule has 0 radical (unpaired) electrons. The van der Waals surface area contributed by atoms with E-state index >= 15 is 0 Å². The normalized spacial score (nSPS) is 13.3. The molecular formula is C16H13Cl2NO. The van der Waals surface area contributed by atoms with E-state index in [2.05, 4.69) is 0 Å². The van der Waals surface area contributed by atoms with Crippen molar-refractivity contribution in [1.82, 2.24) is 0 Å². The van der Waals surface area contributed by atoms with Gasteiger partial charge in [-0.2, -0.15) is 0 Å². The molecule has 2 N–H and O–H groups in total. The molecule has 0 atom stereocenters. The van der Waals surface area contributed by atoms with Crippen LogP contribution in [0.1, 0.15) is 33.5 Å². The Morgan fingerprint density at radius 3 is 2.50 bits per heavy atom. The Kier molecular flexibility index (Phi) is 3.45. The van der Waals surface area contributed by atoms with E-state index in [1.807, 2.05) is 18.2 Å². The number of rotatable bonds is 2. The van der Waals surface area contributed by atoms with Gasteiger partial charge in [-0.15, -0.1) is 0 Å². The number of ketones is 1. The molecule has 0 saturated heterocycles. The average Bonchev–Trinajstić information content (AvgIpc) is 2.90. The minimum Gasteiger partial charge on any atom is -0.397 e. The van der Waals surface area contributed by atoms with Crippen molar-refractivity contribution >= 4 is 34.7 Å². The number of benzene rings is 2. The predicted molar refractivity (Wildman–Crippen MR) is 82.8 cm³/mol. The Labute approximate surface area is 127 Å². The number of nitrogens with two attached hydrogens (primary N) is 1. The topological polar surface area (TPSA) is 43.1 Å². The van der Waals surface area contributed by atoms with Crippen LogP contribution in [0.25, 0.3) is 0 Å². The SMILES string of the molecule is Nc1cc(C(=O)c2ccc3c(c2)CCC3)cc(Cl)c1Cl. The van der Waals surface area contributed by atoms with Crippen molar-refractivity contribution in [3.63, 3.8) is 0 Å². The van der Waals surface area contributed by atoms with Crippen LogP contribution in [-0.4, -0.2) is 5.78 Å². The monoisotopic (exact) mass is 305 g/mol. The minimum atomic E-state index is -0.0787. The van der Waals surface area contributed by atoms with Crippen LogP contribution in [0.2, 0.25) is 10.0 Å². The van der Waals surface area contributed by atoms with Crippen LogP contribution in [0.5, 0.6) is 0 Å². The Hall–Kier alpha value is -1.51. The lowest BCUT2D eigenvalue weighted by atomic mass is 9.99. The van der Waals surface area contributed by atoms with E-state index in [0.29, 0.717) is 21.8 Å². The van der Waals surface area contributed by atoms with Gasteiger partial charge in [0.05, 0.1) is 15.7 Å². The molecule has 2 aromatic rings. The van der Waals surface area contributed by atoms with Crippen LogP contribution in [0.3, 0.4) is 0 Å². The molecule has 20 heavy (non-hydrogen) atoms. The molecule has 3 rings (SSSR count). The lowest BCUT2D eigenvalue weighted by Gasteiger charge is -2.07. The number of halogens is 2. The first kappa shape index (κ1) is 13.5. The van der Waals surface area contributed by atoms with Crippen molar-refractivity contribution < 1.29 is 4.79 Å².